The minimum Gasteiger partial charge on any atom is -0.489 e. The molecule has 1 aliphatic rings. The van der Waals surface area contributed by atoms with Crippen LogP contribution in [0.25, 0.3) is 0 Å². The lowest BCUT2D eigenvalue weighted by molar-refractivity contribution is -0.143. The maximum Gasteiger partial charge on any atom is 0.310 e. The third-order valence-corrected chi connectivity index (χ3v) is 7.39. The van der Waals surface area contributed by atoms with Crippen LogP contribution in [0, 0.1) is 5.92 Å². The quantitative estimate of drug-likeness (QED) is 0.796. The van der Waals surface area contributed by atoms with E-state index in [9.17, 15) is 18.3 Å². The number of hydrogen-bond acceptors (Lipinski definition) is 4. The first kappa shape index (κ1) is 19.0. The van der Waals surface area contributed by atoms with Gasteiger partial charge in [-0.15, -0.1) is 0 Å². The number of halogens is 2. The van der Waals surface area contributed by atoms with Gasteiger partial charge in [0.05, 0.1) is 21.1 Å². The first-order valence-corrected chi connectivity index (χ1v) is 10.2. The molecule has 0 heterocycles. The molecular formula is C18H16Cl2O5S. The van der Waals surface area contributed by atoms with Crippen LogP contribution in [0.3, 0.4) is 0 Å². The van der Waals surface area contributed by atoms with Gasteiger partial charge in [0.1, 0.15) is 11.9 Å². The number of carboxylic acid groups (broad SMARTS) is 1. The van der Waals surface area contributed by atoms with Crippen molar-refractivity contribution in [3.8, 4) is 5.75 Å². The Morgan fingerprint density at radius 3 is 2.31 bits per heavy atom. The Hall–Kier alpha value is -1.76. The van der Waals surface area contributed by atoms with E-state index in [0.717, 1.165) is 0 Å². The van der Waals surface area contributed by atoms with Crippen LogP contribution in [0.4, 0.5) is 0 Å². The van der Waals surface area contributed by atoms with Gasteiger partial charge >= 0.3 is 5.97 Å². The third kappa shape index (κ3) is 3.82. The van der Waals surface area contributed by atoms with Crippen LogP contribution < -0.4 is 4.74 Å². The number of benzene rings is 2. The third-order valence-electron chi connectivity index (χ3n) is 4.46. The average Bonchev–Trinajstić information content (AvgIpc) is 3.02. The zero-order valence-electron chi connectivity index (χ0n) is 13.5. The molecule has 3 rings (SSSR count). The van der Waals surface area contributed by atoms with Crippen molar-refractivity contribution < 1.29 is 23.1 Å². The SMILES string of the molecule is O=C(O)[C@@H]1C[C@@H](S(=O)(=O)c2ccccc2Cl)C[C@H]1Oc1ccc(Cl)cc1. The summed E-state index contributed by atoms with van der Waals surface area (Å²) in [6.07, 6.45) is -0.704. The number of ether oxygens (including phenoxy) is 1. The largest absolute Gasteiger partial charge is 0.489 e. The summed E-state index contributed by atoms with van der Waals surface area (Å²) >= 11 is 11.9. The zero-order chi connectivity index (χ0) is 18.9. The fourth-order valence-electron chi connectivity index (χ4n) is 3.14. The van der Waals surface area contributed by atoms with Gasteiger partial charge < -0.3 is 9.84 Å². The fourth-order valence-corrected chi connectivity index (χ4v) is 5.60. The Morgan fingerprint density at radius 1 is 1.04 bits per heavy atom. The minimum absolute atomic E-state index is 0.0166. The molecule has 1 saturated carbocycles. The van der Waals surface area contributed by atoms with E-state index in [1.807, 2.05) is 0 Å². The van der Waals surface area contributed by atoms with Gasteiger partial charge in [0, 0.05) is 11.4 Å². The minimum atomic E-state index is -3.76. The molecule has 0 spiro atoms. The Morgan fingerprint density at radius 2 is 1.69 bits per heavy atom. The summed E-state index contributed by atoms with van der Waals surface area (Å²) in [4.78, 5) is 11.6. The molecule has 26 heavy (non-hydrogen) atoms. The Bertz CT molecular complexity index is 911. The van der Waals surface area contributed by atoms with Crippen molar-refractivity contribution in [3.05, 3.63) is 58.6 Å². The first-order chi connectivity index (χ1) is 12.3. The van der Waals surface area contributed by atoms with E-state index >= 15 is 0 Å². The lowest BCUT2D eigenvalue weighted by Crippen LogP contribution is -2.27. The lowest BCUT2D eigenvalue weighted by Gasteiger charge is -2.18. The standard InChI is InChI=1S/C18H16Cl2O5S/c19-11-5-7-12(8-6-11)25-16-10-13(9-14(16)18(21)22)26(23,24)17-4-2-1-3-15(17)20/h1-8,13-14,16H,9-10H2,(H,21,22)/t13-,14-,16-/m1/s1. The van der Waals surface area contributed by atoms with Crippen molar-refractivity contribution in [2.75, 3.05) is 0 Å². The van der Waals surface area contributed by atoms with Crippen molar-refractivity contribution in [2.45, 2.75) is 29.1 Å². The summed E-state index contributed by atoms with van der Waals surface area (Å²) in [6.45, 7) is 0. The normalized spacial score (nSPS) is 22.9. The summed E-state index contributed by atoms with van der Waals surface area (Å²) in [5, 5.41) is 9.27. The van der Waals surface area contributed by atoms with Gasteiger partial charge in [0.25, 0.3) is 0 Å². The number of carboxylic acids is 1. The number of rotatable bonds is 5. The highest BCUT2D eigenvalue weighted by molar-refractivity contribution is 7.92. The van der Waals surface area contributed by atoms with Crippen LogP contribution in [0.2, 0.25) is 10.0 Å². The second kappa shape index (κ2) is 7.47. The van der Waals surface area contributed by atoms with Crippen molar-refractivity contribution >= 4 is 39.0 Å². The van der Waals surface area contributed by atoms with Crippen LogP contribution in [0.1, 0.15) is 12.8 Å². The van der Waals surface area contributed by atoms with E-state index in [-0.39, 0.29) is 22.8 Å². The number of sulfone groups is 1. The molecule has 5 nitrogen and oxygen atoms in total. The van der Waals surface area contributed by atoms with E-state index < -0.39 is 33.1 Å². The Kier molecular flexibility index (Phi) is 5.46. The van der Waals surface area contributed by atoms with Crippen LogP contribution in [0.15, 0.2) is 53.4 Å². The number of carbonyl (C=O) groups is 1. The molecule has 0 radical (unpaired) electrons. The Labute approximate surface area is 161 Å². The topological polar surface area (TPSA) is 80.7 Å². The summed E-state index contributed by atoms with van der Waals surface area (Å²) < 4.78 is 31.6. The molecule has 0 saturated heterocycles. The lowest BCUT2D eigenvalue weighted by atomic mass is 10.1. The second-order valence-electron chi connectivity index (χ2n) is 6.12. The first-order valence-electron chi connectivity index (χ1n) is 7.92. The van der Waals surface area contributed by atoms with Crippen LogP contribution in [-0.2, 0) is 14.6 Å². The molecule has 138 valence electrons. The summed E-state index contributed by atoms with van der Waals surface area (Å²) in [5.74, 6) is -1.56. The van der Waals surface area contributed by atoms with E-state index in [1.54, 1.807) is 36.4 Å². The van der Waals surface area contributed by atoms with Gasteiger partial charge in [0.2, 0.25) is 0 Å². The van der Waals surface area contributed by atoms with Crippen LogP contribution in [0.5, 0.6) is 5.75 Å². The second-order valence-corrected chi connectivity index (χ2v) is 9.16. The summed E-state index contributed by atoms with van der Waals surface area (Å²) in [7, 11) is -3.76. The van der Waals surface area contributed by atoms with Crippen molar-refractivity contribution in [1.29, 1.82) is 0 Å². The molecule has 3 atom stereocenters. The molecule has 2 aromatic carbocycles. The molecule has 1 fully saturated rings. The van der Waals surface area contributed by atoms with Crippen molar-refractivity contribution in [3.63, 3.8) is 0 Å². The molecule has 0 unspecified atom stereocenters. The average molecular weight is 415 g/mol. The van der Waals surface area contributed by atoms with Crippen molar-refractivity contribution in [2.24, 2.45) is 5.92 Å². The van der Waals surface area contributed by atoms with Gasteiger partial charge in [-0.25, -0.2) is 8.42 Å². The summed E-state index contributed by atoms with van der Waals surface area (Å²) in [5.41, 5.74) is 0. The predicted molar refractivity (Wildman–Crippen MR) is 98.7 cm³/mol. The van der Waals surface area contributed by atoms with Crippen LogP contribution >= 0.6 is 23.2 Å². The van der Waals surface area contributed by atoms with Gasteiger partial charge in [-0.3, -0.25) is 4.79 Å². The highest BCUT2D eigenvalue weighted by Crippen LogP contribution is 2.38. The van der Waals surface area contributed by atoms with E-state index in [0.29, 0.717) is 10.8 Å². The molecule has 0 aromatic heterocycles. The Balaban J connectivity index is 1.86. The maximum atomic E-state index is 12.9. The van der Waals surface area contributed by atoms with Gasteiger partial charge in [0.15, 0.2) is 9.84 Å². The van der Waals surface area contributed by atoms with Gasteiger partial charge in [-0.2, -0.15) is 0 Å². The van der Waals surface area contributed by atoms with Crippen LogP contribution in [-0.4, -0.2) is 30.8 Å². The summed E-state index contributed by atoms with van der Waals surface area (Å²) in [6, 6.07) is 12.7. The molecular weight excluding hydrogens is 399 g/mol. The highest BCUT2D eigenvalue weighted by Gasteiger charge is 2.46. The predicted octanol–water partition coefficient (Wildman–Crippen LogP) is 4.08. The monoisotopic (exact) mass is 414 g/mol. The van der Waals surface area contributed by atoms with Gasteiger partial charge in [-0.05, 0) is 42.8 Å². The highest BCUT2D eigenvalue weighted by atomic mass is 35.5. The fraction of sp³-hybridized carbons (Fsp3) is 0.278. The smallest absolute Gasteiger partial charge is 0.310 e. The number of aliphatic carboxylic acids is 1. The molecule has 0 bridgehead atoms. The van der Waals surface area contributed by atoms with Gasteiger partial charge in [-0.1, -0.05) is 35.3 Å². The van der Waals surface area contributed by atoms with E-state index in [2.05, 4.69) is 0 Å². The maximum absolute atomic E-state index is 12.9. The van der Waals surface area contributed by atoms with E-state index in [4.69, 9.17) is 27.9 Å². The zero-order valence-corrected chi connectivity index (χ0v) is 15.8. The molecule has 2 aromatic rings. The van der Waals surface area contributed by atoms with Crippen molar-refractivity contribution in [1.82, 2.24) is 0 Å². The molecule has 1 N–H and O–H groups in total. The number of hydrogen-bond donors (Lipinski definition) is 1. The van der Waals surface area contributed by atoms with E-state index in [1.165, 1.54) is 12.1 Å². The molecule has 0 amide bonds. The molecule has 1 aliphatic carbocycles. The molecule has 0 aliphatic heterocycles. The molecule has 8 heteroatoms.